The smallest absolute Gasteiger partial charge is 0.312 e. The van der Waals surface area contributed by atoms with Crippen LogP contribution in [0.4, 0.5) is 5.69 Å². The van der Waals surface area contributed by atoms with Gasteiger partial charge in [-0.25, -0.2) is 0 Å². The summed E-state index contributed by atoms with van der Waals surface area (Å²) < 4.78 is 4.95. The first-order chi connectivity index (χ1) is 9.83. The number of para-hydroxylation sites is 1. The van der Waals surface area contributed by atoms with Crippen LogP contribution in [0.1, 0.15) is 33.6 Å². The first kappa shape index (κ1) is 15.5. The quantitative estimate of drug-likeness (QED) is 0.869. The van der Waals surface area contributed by atoms with Gasteiger partial charge < -0.3 is 10.1 Å². The molecule has 1 N–H and O–H groups in total. The molecule has 1 aromatic rings. The Kier molecular flexibility index (Phi) is 4.08. The minimum Gasteiger partial charge on any atom is -0.469 e. The van der Waals surface area contributed by atoms with Gasteiger partial charge in [-0.3, -0.25) is 9.59 Å². The second-order valence-electron chi connectivity index (χ2n) is 6.49. The third kappa shape index (κ3) is 2.55. The topological polar surface area (TPSA) is 55.4 Å². The zero-order valence-electron chi connectivity index (χ0n) is 13.1. The molecule has 0 saturated heterocycles. The molecule has 0 unspecified atom stereocenters. The van der Waals surface area contributed by atoms with Gasteiger partial charge in [-0.05, 0) is 37.3 Å². The second kappa shape index (κ2) is 5.51. The number of hydrogen-bond acceptors (Lipinski definition) is 3. The molecule has 1 amide bonds. The lowest BCUT2D eigenvalue weighted by molar-refractivity contribution is -0.158. The number of esters is 1. The molecule has 1 aliphatic carbocycles. The molecule has 1 fully saturated rings. The van der Waals surface area contributed by atoms with E-state index in [1.807, 2.05) is 51.1 Å². The Morgan fingerprint density at radius 1 is 1.19 bits per heavy atom. The average Bonchev–Trinajstić information content (AvgIpc) is 2.70. The highest BCUT2D eigenvalue weighted by molar-refractivity contribution is 5.94. The number of methoxy groups -OCH3 is 1. The number of anilines is 1. The molecule has 2 atom stereocenters. The van der Waals surface area contributed by atoms with Crippen LogP contribution in [0.3, 0.4) is 0 Å². The molecule has 4 heteroatoms. The maximum atomic E-state index is 12.6. The number of ether oxygens (including phenoxy) is 1. The van der Waals surface area contributed by atoms with Gasteiger partial charge in [0.25, 0.3) is 0 Å². The molecule has 0 aromatic heterocycles. The summed E-state index contributed by atoms with van der Waals surface area (Å²) >= 11 is 0. The van der Waals surface area contributed by atoms with E-state index in [1.54, 1.807) is 0 Å². The lowest BCUT2D eigenvalue weighted by Crippen LogP contribution is -2.44. The number of benzene rings is 1. The zero-order valence-corrected chi connectivity index (χ0v) is 13.1. The summed E-state index contributed by atoms with van der Waals surface area (Å²) in [5, 5.41) is 2.94. The Labute approximate surface area is 125 Å². The fourth-order valence-corrected chi connectivity index (χ4v) is 3.30. The molecule has 0 aliphatic heterocycles. The van der Waals surface area contributed by atoms with Crippen LogP contribution < -0.4 is 5.32 Å². The number of carbonyl (C=O) groups is 2. The predicted octanol–water partition coefficient (Wildman–Crippen LogP) is 3.24. The van der Waals surface area contributed by atoms with E-state index in [0.29, 0.717) is 12.8 Å². The predicted molar refractivity (Wildman–Crippen MR) is 81.7 cm³/mol. The molecule has 1 aliphatic rings. The molecule has 1 saturated carbocycles. The van der Waals surface area contributed by atoms with E-state index in [1.165, 1.54) is 7.11 Å². The number of hydrogen-bond donors (Lipinski definition) is 1. The van der Waals surface area contributed by atoms with Crippen LogP contribution in [-0.4, -0.2) is 19.0 Å². The van der Waals surface area contributed by atoms with Gasteiger partial charge in [0.15, 0.2) is 0 Å². The van der Waals surface area contributed by atoms with Crippen molar-refractivity contribution in [2.75, 3.05) is 12.4 Å². The monoisotopic (exact) mass is 289 g/mol. The first-order valence-electron chi connectivity index (χ1n) is 7.27. The van der Waals surface area contributed by atoms with Gasteiger partial charge in [0.2, 0.25) is 5.91 Å². The number of carbonyl (C=O) groups excluding carboxylic acids is 2. The van der Waals surface area contributed by atoms with Crippen LogP contribution in [0, 0.1) is 16.7 Å². The first-order valence-corrected chi connectivity index (χ1v) is 7.27. The van der Waals surface area contributed by atoms with Gasteiger partial charge in [-0.2, -0.15) is 0 Å². The molecule has 21 heavy (non-hydrogen) atoms. The molecule has 0 heterocycles. The zero-order chi connectivity index (χ0) is 15.7. The van der Waals surface area contributed by atoms with Crippen LogP contribution in [-0.2, 0) is 14.3 Å². The van der Waals surface area contributed by atoms with Crippen molar-refractivity contribution in [2.45, 2.75) is 33.6 Å². The molecule has 0 bridgehead atoms. The fraction of sp³-hybridized carbons (Fsp3) is 0.529. The van der Waals surface area contributed by atoms with Gasteiger partial charge in [0.1, 0.15) is 0 Å². The second-order valence-corrected chi connectivity index (χ2v) is 6.49. The third-order valence-electron chi connectivity index (χ3n) is 5.22. The van der Waals surface area contributed by atoms with Crippen molar-refractivity contribution in [3.05, 3.63) is 30.3 Å². The molecule has 1 aromatic carbocycles. The minimum absolute atomic E-state index is 0.0289. The van der Waals surface area contributed by atoms with Crippen molar-refractivity contribution in [3.8, 4) is 0 Å². The van der Waals surface area contributed by atoms with Crippen LogP contribution in [0.25, 0.3) is 0 Å². The summed E-state index contributed by atoms with van der Waals surface area (Å²) in [7, 11) is 1.40. The van der Waals surface area contributed by atoms with Gasteiger partial charge >= 0.3 is 5.97 Å². The maximum absolute atomic E-state index is 12.6. The SMILES string of the molecule is COC(=O)[C@]1(C)CC[C@@H](C(=O)Nc2ccccc2)C1(C)C. The van der Waals surface area contributed by atoms with E-state index >= 15 is 0 Å². The fourth-order valence-electron chi connectivity index (χ4n) is 3.30. The minimum atomic E-state index is -0.625. The van der Waals surface area contributed by atoms with Gasteiger partial charge in [-0.15, -0.1) is 0 Å². The summed E-state index contributed by atoms with van der Waals surface area (Å²) in [6, 6.07) is 9.39. The number of amides is 1. The van der Waals surface area contributed by atoms with Crippen molar-refractivity contribution in [1.82, 2.24) is 0 Å². The van der Waals surface area contributed by atoms with Crippen LogP contribution in [0.5, 0.6) is 0 Å². The number of rotatable bonds is 3. The summed E-state index contributed by atoms with van der Waals surface area (Å²) in [4.78, 5) is 24.7. The highest BCUT2D eigenvalue weighted by atomic mass is 16.5. The van der Waals surface area contributed by atoms with E-state index in [-0.39, 0.29) is 17.8 Å². The Morgan fingerprint density at radius 2 is 1.81 bits per heavy atom. The van der Waals surface area contributed by atoms with Gasteiger partial charge in [0, 0.05) is 11.6 Å². The molecule has 4 nitrogen and oxygen atoms in total. The van der Waals surface area contributed by atoms with Gasteiger partial charge in [-0.1, -0.05) is 32.0 Å². The van der Waals surface area contributed by atoms with Gasteiger partial charge in [0.05, 0.1) is 12.5 Å². The van der Waals surface area contributed by atoms with E-state index in [4.69, 9.17) is 4.74 Å². The van der Waals surface area contributed by atoms with Crippen LogP contribution in [0.2, 0.25) is 0 Å². The highest BCUT2D eigenvalue weighted by Gasteiger charge is 2.58. The third-order valence-corrected chi connectivity index (χ3v) is 5.22. The van der Waals surface area contributed by atoms with E-state index in [9.17, 15) is 9.59 Å². The standard InChI is InChI=1S/C17H23NO3/c1-16(2)13(10-11-17(16,3)15(20)21-4)14(19)18-12-8-6-5-7-9-12/h5-9,13H,10-11H2,1-4H3,(H,18,19)/t13-,17-/m0/s1. The lowest BCUT2D eigenvalue weighted by Gasteiger charge is -2.38. The Morgan fingerprint density at radius 3 is 2.38 bits per heavy atom. The summed E-state index contributed by atoms with van der Waals surface area (Å²) in [6.45, 7) is 5.85. The molecule has 0 radical (unpaired) electrons. The number of nitrogens with one attached hydrogen (secondary N) is 1. The summed E-state index contributed by atoms with van der Waals surface area (Å²) in [5.41, 5.74) is -0.288. The average molecular weight is 289 g/mol. The normalized spacial score (nSPS) is 27.1. The Bertz CT molecular complexity index is 538. The maximum Gasteiger partial charge on any atom is 0.312 e. The summed E-state index contributed by atoms with van der Waals surface area (Å²) in [6.07, 6.45) is 1.36. The lowest BCUT2D eigenvalue weighted by atomic mass is 9.65. The molecule has 2 rings (SSSR count). The van der Waals surface area contributed by atoms with Crippen molar-refractivity contribution in [3.63, 3.8) is 0 Å². The van der Waals surface area contributed by atoms with E-state index < -0.39 is 10.8 Å². The van der Waals surface area contributed by atoms with E-state index in [0.717, 1.165) is 5.69 Å². The Hall–Kier alpha value is -1.84. The highest BCUT2D eigenvalue weighted by Crippen LogP contribution is 2.56. The van der Waals surface area contributed by atoms with Crippen molar-refractivity contribution < 1.29 is 14.3 Å². The molecular weight excluding hydrogens is 266 g/mol. The van der Waals surface area contributed by atoms with Crippen molar-refractivity contribution in [2.24, 2.45) is 16.7 Å². The largest absolute Gasteiger partial charge is 0.469 e. The van der Waals surface area contributed by atoms with Crippen molar-refractivity contribution in [1.29, 1.82) is 0 Å². The molecular formula is C17H23NO3. The molecule has 0 spiro atoms. The molecule has 114 valence electrons. The Balaban J connectivity index is 2.18. The van der Waals surface area contributed by atoms with Crippen LogP contribution >= 0.6 is 0 Å². The summed E-state index contributed by atoms with van der Waals surface area (Å²) in [5.74, 6) is -0.469. The van der Waals surface area contributed by atoms with Crippen molar-refractivity contribution >= 4 is 17.6 Å². The van der Waals surface area contributed by atoms with Crippen LogP contribution in [0.15, 0.2) is 30.3 Å². The van der Waals surface area contributed by atoms with E-state index in [2.05, 4.69) is 5.32 Å².